The first-order valence-electron chi connectivity index (χ1n) is 15.8. The summed E-state index contributed by atoms with van der Waals surface area (Å²) in [6, 6.07) is 48.5. The van der Waals surface area contributed by atoms with Crippen molar-refractivity contribution in [2.45, 2.75) is 0 Å². The highest BCUT2D eigenvalue weighted by Gasteiger charge is 2.31. The molecule has 0 amide bonds. The number of hydrogen-bond acceptors (Lipinski definition) is 5. The second-order valence-corrected chi connectivity index (χ2v) is 12.1. The summed E-state index contributed by atoms with van der Waals surface area (Å²) in [5.74, 6) is 0.576. The molecule has 218 valence electrons. The molecule has 0 spiro atoms. The molecule has 0 bridgehead atoms. The van der Waals surface area contributed by atoms with Crippen molar-refractivity contribution in [2.75, 3.05) is 4.90 Å². The van der Waals surface area contributed by atoms with Crippen molar-refractivity contribution in [3.63, 3.8) is 0 Å². The number of rotatable bonds is 2. The van der Waals surface area contributed by atoms with Crippen molar-refractivity contribution in [2.24, 2.45) is 0 Å². The van der Waals surface area contributed by atoms with Crippen molar-refractivity contribution in [3.8, 4) is 22.4 Å². The van der Waals surface area contributed by atoms with Gasteiger partial charge in [-0.25, -0.2) is 9.97 Å². The number of anilines is 3. The minimum atomic E-state index is 0.576. The summed E-state index contributed by atoms with van der Waals surface area (Å²) in [4.78, 5) is 13.0. The SMILES string of the molecule is c1ccc2c3c(ccc2c1)-c1cccc2cccc(c12)N3c1nc(-c2cccc3c2oc2ccccc23)c2oc3ccccc3c2n1. The van der Waals surface area contributed by atoms with Gasteiger partial charge in [0.2, 0.25) is 5.95 Å². The molecule has 7 aromatic carbocycles. The fraction of sp³-hybridized carbons (Fsp3) is 0. The van der Waals surface area contributed by atoms with Crippen molar-refractivity contribution in [3.05, 3.63) is 140 Å². The normalized spacial score (nSPS) is 12.6. The minimum Gasteiger partial charge on any atom is -0.455 e. The van der Waals surface area contributed by atoms with Crippen LogP contribution in [-0.2, 0) is 0 Å². The van der Waals surface area contributed by atoms with E-state index in [9.17, 15) is 0 Å². The molecule has 4 heterocycles. The molecule has 0 aliphatic carbocycles. The summed E-state index contributed by atoms with van der Waals surface area (Å²) in [5.41, 5.74) is 9.80. The molecular weight excluding hydrogens is 578 g/mol. The molecule has 0 N–H and O–H groups in total. The number of nitrogens with zero attached hydrogens (tertiary/aromatic N) is 3. The predicted molar refractivity (Wildman–Crippen MR) is 191 cm³/mol. The molecule has 10 aromatic rings. The Bertz CT molecular complexity index is 2930. The monoisotopic (exact) mass is 601 g/mol. The molecule has 0 radical (unpaired) electrons. The Labute approximate surface area is 267 Å². The Morgan fingerprint density at radius 3 is 2.00 bits per heavy atom. The number of hydrogen-bond donors (Lipinski definition) is 0. The van der Waals surface area contributed by atoms with Crippen LogP contribution in [0.25, 0.3) is 87.9 Å². The van der Waals surface area contributed by atoms with E-state index in [2.05, 4.69) is 108 Å². The Balaban J connectivity index is 1.30. The van der Waals surface area contributed by atoms with E-state index in [0.29, 0.717) is 17.2 Å². The molecule has 0 atom stereocenters. The van der Waals surface area contributed by atoms with Gasteiger partial charge in [-0.3, -0.25) is 4.90 Å². The van der Waals surface area contributed by atoms with Gasteiger partial charge in [-0.15, -0.1) is 0 Å². The summed E-state index contributed by atoms with van der Waals surface area (Å²) < 4.78 is 13.1. The van der Waals surface area contributed by atoms with Crippen LogP contribution in [0.15, 0.2) is 148 Å². The Morgan fingerprint density at radius 1 is 0.447 bits per heavy atom. The zero-order chi connectivity index (χ0) is 30.6. The molecule has 0 saturated heterocycles. The van der Waals surface area contributed by atoms with E-state index < -0.39 is 0 Å². The van der Waals surface area contributed by atoms with E-state index in [-0.39, 0.29) is 0 Å². The van der Waals surface area contributed by atoms with Gasteiger partial charge in [0.1, 0.15) is 28.0 Å². The largest absolute Gasteiger partial charge is 0.455 e. The lowest BCUT2D eigenvalue weighted by molar-refractivity contribution is 0.662. The predicted octanol–water partition coefficient (Wildman–Crippen LogP) is 11.7. The number of fused-ring (bicyclic) bond motifs is 10. The van der Waals surface area contributed by atoms with Crippen molar-refractivity contribution in [1.82, 2.24) is 9.97 Å². The number of benzene rings is 7. The topological polar surface area (TPSA) is 55.3 Å². The highest BCUT2D eigenvalue weighted by atomic mass is 16.3. The Hall–Kier alpha value is -6.46. The van der Waals surface area contributed by atoms with E-state index in [0.717, 1.165) is 71.7 Å². The second kappa shape index (κ2) is 9.05. The van der Waals surface area contributed by atoms with Gasteiger partial charge in [0, 0.05) is 38.1 Å². The quantitative estimate of drug-likeness (QED) is 0.197. The molecule has 0 fully saturated rings. The lowest BCUT2D eigenvalue weighted by Crippen LogP contribution is -2.18. The molecule has 5 heteroatoms. The molecule has 1 aliphatic heterocycles. The van der Waals surface area contributed by atoms with Crippen molar-refractivity contribution >= 4 is 82.9 Å². The van der Waals surface area contributed by atoms with Gasteiger partial charge < -0.3 is 8.83 Å². The fourth-order valence-corrected chi connectivity index (χ4v) is 7.57. The summed E-state index contributed by atoms with van der Waals surface area (Å²) in [6.07, 6.45) is 0. The Kier molecular flexibility index (Phi) is 4.78. The molecule has 0 saturated carbocycles. The van der Waals surface area contributed by atoms with E-state index in [1.54, 1.807) is 0 Å². The van der Waals surface area contributed by atoms with Gasteiger partial charge in [-0.2, -0.15) is 0 Å². The van der Waals surface area contributed by atoms with E-state index in [1.165, 1.54) is 16.3 Å². The number of furan rings is 2. The van der Waals surface area contributed by atoms with E-state index in [4.69, 9.17) is 18.8 Å². The first kappa shape index (κ1) is 24.8. The van der Waals surface area contributed by atoms with Gasteiger partial charge in [-0.05, 0) is 46.7 Å². The Morgan fingerprint density at radius 2 is 1.11 bits per heavy atom. The highest BCUT2D eigenvalue weighted by Crippen LogP contribution is 2.53. The summed E-state index contributed by atoms with van der Waals surface area (Å²) >= 11 is 0. The van der Waals surface area contributed by atoms with Gasteiger partial charge in [0.25, 0.3) is 0 Å². The minimum absolute atomic E-state index is 0.576. The summed E-state index contributed by atoms with van der Waals surface area (Å²) in [7, 11) is 0. The lowest BCUT2D eigenvalue weighted by atomic mass is 9.89. The van der Waals surface area contributed by atoms with Crippen LogP contribution in [0.5, 0.6) is 0 Å². The molecule has 3 aromatic heterocycles. The molecule has 0 unspecified atom stereocenters. The smallest absolute Gasteiger partial charge is 0.236 e. The van der Waals surface area contributed by atoms with Gasteiger partial charge in [-0.1, -0.05) is 109 Å². The van der Waals surface area contributed by atoms with E-state index >= 15 is 0 Å². The average molecular weight is 602 g/mol. The third-order valence-electron chi connectivity index (χ3n) is 9.61. The van der Waals surface area contributed by atoms with Crippen LogP contribution >= 0.6 is 0 Å². The van der Waals surface area contributed by atoms with Gasteiger partial charge in [0.15, 0.2) is 5.58 Å². The van der Waals surface area contributed by atoms with Crippen LogP contribution in [-0.4, -0.2) is 9.97 Å². The third-order valence-corrected chi connectivity index (χ3v) is 9.61. The van der Waals surface area contributed by atoms with Crippen molar-refractivity contribution < 1.29 is 8.83 Å². The van der Waals surface area contributed by atoms with Crippen LogP contribution in [0.2, 0.25) is 0 Å². The van der Waals surface area contributed by atoms with Gasteiger partial charge in [0.05, 0.1) is 11.4 Å². The van der Waals surface area contributed by atoms with Crippen LogP contribution in [0.1, 0.15) is 0 Å². The average Bonchev–Trinajstić information content (AvgIpc) is 3.70. The molecule has 1 aliphatic rings. The highest BCUT2D eigenvalue weighted by molar-refractivity contribution is 6.19. The second-order valence-electron chi connectivity index (χ2n) is 12.1. The van der Waals surface area contributed by atoms with Crippen LogP contribution in [0.4, 0.5) is 17.3 Å². The number of para-hydroxylation sites is 3. The lowest BCUT2D eigenvalue weighted by Gasteiger charge is -2.33. The zero-order valence-electron chi connectivity index (χ0n) is 24.9. The summed E-state index contributed by atoms with van der Waals surface area (Å²) in [5, 5.41) is 7.70. The van der Waals surface area contributed by atoms with Crippen LogP contribution in [0, 0.1) is 0 Å². The maximum atomic E-state index is 6.57. The molecular formula is C42H23N3O2. The van der Waals surface area contributed by atoms with Gasteiger partial charge >= 0.3 is 0 Å². The van der Waals surface area contributed by atoms with Crippen molar-refractivity contribution in [1.29, 1.82) is 0 Å². The standard InChI is InChI=1S/C42H23N3O2/c1-2-13-26-24(10-1)22-23-29-28-16-7-11-25-12-8-19-33(36(25)28)45(39(26)29)42-43-37-31-15-4-6-21-35(31)47-41(37)38(44-42)32-18-9-17-30-27-14-3-5-20-34(27)46-40(30)32/h1-23H. The maximum Gasteiger partial charge on any atom is 0.236 e. The summed E-state index contributed by atoms with van der Waals surface area (Å²) in [6.45, 7) is 0. The van der Waals surface area contributed by atoms with Crippen LogP contribution in [0.3, 0.4) is 0 Å². The fourth-order valence-electron chi connectivity index (χ4n) is 7.57. The van der Waals surface area contributed by atoms with Crippen LogP contribution < -0.4 is 4.90 Å². The molecule has 5 nitrogen and oxygen atoms in total. The first-order valence-corrected chi connectivity index (χ1v) is 15.8. The third kappa shape index (κ3) is 3.32. The molecule has 11 rings (SSSR count). The maximum absolute atomic E-state index is 6.57. The van der Waals surface area contributed by atoms with E-state index in [1.807, 2.05) is 36.4 Å². The first-order chi connectivity index (χ1) is 23.3. The zero-order valence-corrected chi connectivity index (χ0v) is 24.9. The molecule has 47 heavy (non-hydrogen) atoms. The number of aromatic nitrogens is 2.